The summed E-state index contributed by atoms with van der Waals surface area (Å²) in [6, 6.07) is 0. The summed E-state index contributed by atoms with van der Waals surface area (Å²) in [5.74, 6) is 5.46. The fraction of sp³-hybridized carbons (Fsp3) is 0.893. The zero-order chi connectivity index (χ0) is 23.7. The van der Waals surface area contributed by atoms with Crippen LogP contribution in [-0.4, -0.2) is 15.9 Å². The zero-order valence-electron chi connectivity index (χ0n) is 21.0. The van der Waals surface area contributed by atoms with E-state index < -0.39 is 4.70 Å². The number of halogens is 2. The summed E-state index contributed by atoms with van der Waals surface area (Å²) in [5, 5.41) is 10.2. The number of fused-ring (bicyclic) bond motifs is 5. The molecule has 3 saturated carbocycles. The van der Waals surface area contributed by atoms with Crippen molar-refractivity contribution in [3.8, 4) is 0 Å². The lowest BCUT2D eigenvalue weighted by molar-refractivity contribution is -0.0573. The minimum atomic E-state index is -0.889. The highest BCUT2D eigenvalue weighted by atomic mass is 35.5. The molecular weight excluding hydrogens is 439 g/mol. The third-order valence-electron chi connectivity index (χ3n) is 10.3. The highest BCUT2D eigenvalue weighted by Crippen LogP contribution is 2.67. The Hall–Kier alpha value is -0.0500. The van der Waals surface area contributed by atoms with Crippen LogP contribution in [0.15, 0.2) is 11.6 Å². The SMILES string of the molecule is CC(C)CCCC(C)[C@H]1CC[C@H]2[C@@H]3CC=C4C[C@@H](O)CC[C@]4(C)[C@H]3CC[C@]12C.O=C(Cl)Cl. The Morgan fingerprint density at radius 3 is 2.41 bits per heavy atom. The first-order chi connectivity index (χ1) is 15.0. The Morgan fingerprint density at radius 2 is 1.75 bits per heavy atom. The van der Waals surface area contributed by atoms with Gasteiger partial charge < -0.3 is 5.11 Å². The van der Waals surface area contributed by atoms with Gasteiger partial charge in [0.1, 0.15) is 0 Å². The van der Waals surface area contributed by atoms with Gasteiger partial charge >= 0.3 is 4.70 Å². The summed E-state index contributed by atoms with van der Waals surface area (Å²) in [6.45, 7) is 12.6. The predicted molar refractivity (Wildman–Crippen MR) is 136 cm³/mol. The Labute approximate surface area is 206 Å². The number of carbonyl (C=O) groups excluding carboxylic acids is 1. The van der Waals surface area contributed by atoms with Crippen molar-refractivity contribution < 1.29 is 9.90 Å². The Morgan fingerprint density at radius 1 is 1.06 bits per heavy atom. The summed E-state index contributed by atoms with van der Waals surface area (Å²) >= 11 is 8.80. The lowest BCUT2D eigenvalue weighted by atomic mass is 9.47. The van der Waals surface area contributed by atoms with E-state index in [-0.39, 0.29) is 6.10 Å². The van der Waals surface area contributed by atoms with Crippen molar-refractivity contribution in [3.63, 3.8) is 0 Å². The number of carbonyl (C=O) groups is 1. The third kappa shape index (κ3) is 5.44. The molecule has 4 aliphatic rings. The lowest BCUT2D eigenvalue weighted by Gasteiger charge is -2.58. The maximum Gasteiger partial charge on any atom is 0.313 e. The lowest BCUT2D eigenvalue weighted by Crippen LogP contribution is -2.50. The van der Waals surface area contributed by atoms with Crippen molar-refractivity contribution in [1.82, 2.24) is 0 Å². The van der Waals surface area contributed by atoms with Gasteiger partial charge in [-0.25, -0.2) is 0 Å². The Balaban J connectivity index is 0.000000668. The molecular formula is C28H46Cl2O2. The van der Waals surface area contributed by atoms with E-state index in [0.29, 0.717) is 10.8 Å². The van der Waals surface area contributed by atoms with Crippen LogP contribution >= 0.6 is 23.2 Å². The second-order valence-corrected chi connectivity index (χ2v) is 13.3. The van der Waals surface area contributed by atoms with Crippen LogP contribution < -0.4 is 0 Å². The molecule has 0 spiro atoms. The van der Waals surface area contributed by atoms with Crippen LogP contribution in [0.4, 0.5) is 4.79 Å². The Bertz CT molecular complexity index is 685. The Kier molecular flexibility index (Phi) is 8.87. The predicted octanol–water partition coefficient (Wildman–Crippen LogP) is 8.97. The molecule has 4 heteroatoms. The van der Waals surface area contributed by atoms with Crippen molar-refractivity contribution in [2.24, 2.45) is 46.3 Å². The van der Waals surface area contributed by atoms with Gasteiger partial charge in [-0.05, 0) is 121 Å². The van der Waals surface area contributed by atoms with Gasteiger partial charge in [0.2, 0.25) is 0 Å². The van der Waals surface area contributed by atoms with E-state index in [9.17, 15) is 5.11 Å². The monoisotopic (exact) mass is 484 g/mol. The molecule has 0 bridgehead atoms. The average molecular weight is 486 g/mol. The molecule has 0 aromatic carbocycles. The molecule has 8 atom stereocenters. The average Bonchev–Trinajstić information content (AvgIpc) is 3.05. The summed E-state index contributed by atoms with van der Waals surface area (Å²) in [4.78, 5) is 8.98. The number of hydrogen-bond acceptors (Lipinski definition) is 2. The van der Waals surface area contributed by atoms with E-state index in [4.69, 9.17) is 4.79 Å². The number of allylic oxidation sites excluding steroid dienone is 1. The van der Waals surface area contributed by atoms with Crippen LogP contribution in [0.1, 0.15) is 105 Å². The van der Waals surface area contributed by atoms with Gasteiger partial charge in [0, 0.05) is 0 Å². The normalized spacial score (nSPS) is 41.5. The topological polar surface area (TPSA) is 37.3 Å². The van der Waals surface area contributed by atoms with E-state index in [1.165, 1.54) is 57.8 Å². The molecule has 3 fully saturated rings. The first kappa shape index (κ1) is 26.6. The van der Waals surface area contributed by atoms with Gasteiger partial charge in [-0.15, -0.1) is 0 Å². The largest absolute Gasteiger partial charge is 0.393 e. The molecule has 2 nitrogen and oxygen atoms in total. The zero-order valence-corrected chi connectivity index (χ0v) is 22.5. The molecule has 0 aliphatic heterocycles. The highest BCUT2D eigenvalue weighted by molar-refractivity contribution is 6.93. The number of aliphatic hydroxyl groups excluding tert-OH is 1. The third-order valence-corrected chi connectivity index (χ3v) is 10.3. The maximum atomic E-state index is 10.2. The second kappa shape index (κ2) is 10.7. The fourth-order valence-corrected chi connectivity index (χ4v) is 8.67. The fourth-order valence-electron chi connectivity index (χ4n) is 8.67. The van der Waals surface area contributed by atoms with Crippen LogP contribution in [0.3, 0.4) is 0 Å². The molecule has 184 valence electrons. The minimum Gasteiger partial charge on any atom is -0.393 e. The smallest absolute Gasteiger partial charge is 0.313 e. The number of hydrogen-bond donors (Lipinski definition) is 1. The van der Waals surface area contributed by atoms with Gasteiger partial charge in [-0.1, -0.05) is 65.5 Å². The van der Waals surface area contributed by atoms with Crippen molar-refractivity contribution in [1.29, 1.82) is 0 Å². The molecule has 4 rings (SSSR count). The molecule has 0 aromatic rings. The minimum absolute atomic E-state index is 0.0766. The van der Waals surface area contributed by atoms with E-state index in [1.807, 2.05) is 0 Å². The van der Waals surface area contributed by atoms with Crippen molar-refractivity contribution in [2.45, 2.75) is 111 Å². The molecule has 32 heavy (non-hydrogen) atoms. The molecule has 4 aliphatic carbocycles. The van der Waals surface area contributed by atoms with Crippen LogP contribution in [-0.2, 0) is 0 Å². The first-order valence-corrected chi connectivity index (χ1v) is 14.0. The molecule has 0 heterocycles. The number of rotatable bonds is 5. The summed E-state index contributed by atoms with van der Waals surface area (Å²) in [6.07, 6.45) is 17.2. The molecule has 0 aromatic heterocycles. The number of aliphatic hydroxyl groups is 1. The van der Waals surface area contributed by atoms with Gasteiger partial charge in [0.15, 0.2) is 0 Å². The van der Waals surface area contributed by atoms with Crippen molar-refractivity contribution in [3.05, 3.63) is 11.6 Å². The van der Waals surface area contributed by atoms with Crippen LogP contribution in [0.5, 0.6) is 0 Å². The van der Waals surface area contributed by atoms with Crippen LogP contribution in [0, 0.1) is 46.3 Å². The quantitative estimate of drug-likeness (QED) is 0.312. The standard InChI is InChI=1S/C27H46O.CCl2O/c1-18(2)7-6-8-19(3)23-11-12-24-22-10-9-20-17-21(28)13-15-26(20,4)25(22)14-16-27(23,24)5;2-1(3)4/h9,18-19,21-25,28H,6-8,10-17H2,1-5H3;/t19?,21-,22-,23+,24-,25-,26-,27+;/m0./s1. The summed E-state index contributed by atoms with van der Waals surface area (Å²) in [5.41, 5.74) is 2.60. The van der Waals surface area contributed by atoms with Gasteiger partial charge in [-0.3, -0.25) is 4.79 Å². The van der Waals surface area contributed by atoms with E-state index in [1.54, 1.807) is 5.57 Å². The van der Waals surface area contributed by atoms with E-state index in [2.05, 4.69) is 63.9 Å². The van der Waals surface area contributed by atoms with Crippen LogP contribution in [0.2, 0.25) is 0 Å². The van der Waals surface area contributed by atoms with Crippen molar-refractivity contribution in [2.75, 3.05) is 0 Å². The second-order valence-electron chi connectivity index (χ2n) is 12.4. The first-order valence-electron chi connectivity index (χ1n) is 13.2. The van der Waals surface area contributed by atoms with Crippen molar-refractivity contribution >= 4 is 27.9 Å². The molecule has 1 N–H and O–H groups in total. The van der Waals surface area contributed by atoms with Gasteiger partial charge in [-0.2, -0.15) is 0 Å². The molecule has 0 saturated heterocycles. The van der Waals surface area contributed by atoms with Gasteiger partial charge in [0.25, 0.3) is 0 Å². The highest BCUT2D eigenvalue weighted by Gasteiger charge is 2.59. The van der Waals surface area contributed by atoms with Crippen LogP contribution in [0.25, 0.3) is 0 Å². The van der Waals surface area contributed by atoms with E-state index in [0.717, 1.165) is 48.3 Å². The van der Waals surface area contributed by atoms with E-state index >= 15 is 0 Å². The molecule has 0 amide bonds. The maximum absolute atomic E-state index is 10.2. The molecule has 1 unspecified atom stereocenters. The summed E-state index contributed by atoms with van der Waals surface area (Å²) < 4.78 is -0.889. The summed E-state index contributed by atoms with van der Waals surface area (Å²) in [7, 11) is 0. The van der Waals surface area contributed by atoms with Gasteiger partial charge in [0.05, 0.1) is 6.10 Å². The molecule has 0 radical (unpaired) electrons.